The van der Waals surface area contributed by atoms with Gasteiger partial charge in [-0.25, -0.2) is 13.3 Å². The Bertz CT molecular complexity index is 439. The molecule has 0 saturated carbocycles. The van der Waals surface area contributed by atoms with Crippen LogP contribution in [0.1, 0.15) is 12.0 Å². The molecule has 0 fully saturated rings. The third-order valence-electron chi connectivity index (χ3n) is 1.76. The highest BCUT2D eigenvalue weighted by Gasteiger charge is 2.14. The van der Waals surface area contributed by atoms with Crippen molar-refractivity contribution in [2.45, 2.75) is 6.43 Å². The Morgan fingerprint density at radius 1 is 1.46 bits per heavy atom. The molecule has 2 aromatic heterocycles. The van der Waals surface area contributed by atoms with E-state index in [1.807, 2.05) is 0 Å². The number of alkyl halides is 2. The lowest BCUT2D eigenvalue weighted by atomic mass is 10.2. The molecule has 5 heteroatoms. The molecular formula is C8H5BrF2N2. The molecule has 2 nitrogen and oxygen atoms in total. The second kappa shape index (κ2) is 3.06. The lowest BCUT2D eigenvalue weighted by molar-refractivity contribution is 0.152. The molecular weight excluding hydrogens is 242 g/mol. The van der Waals surface area contributed by atoms with Gasteiger partial charge in [0.2, 0.25) is 0 Å². The first-order valence-electron chi connectivity index (χ1n) is 3.60. The molecule has 0 amide bonds. The van der Waals surface area contributed by atoms with E-state index in [0.29, 0.717) is 9.99 Å². The molecule has 0 N–H and O–H groups in total. The van der Waals surface area contributed by atoms with Crippen LogP contribution >= 0.6 is 15.9 Å². The number of hydrogen-bond acceptors (Lipinski definition) is 1. The predicted octanol–water partition coefficient (Wildman–Crippen LogP) is 3.03. The Balaban J connectivity index is 2.80. The van der Waals surface area contributed by atoms with Gasteiger partial charge in [0.25, 0.3) is 6.43 Å². The van der Waals surface area contributed by atoms with Crippen LogP contribution < -0.4 is 0 Å². The summed E-state index contributed by atoms with van der Waals surface area (Å²) >= 11 is 3.17. The minimum atomic E-state index is -2.48. The number of halogens is 3. The molecule has 0 atom stereocenters. The Labute approximate surface area is 81.3 Å². The van der Waals surface area contributed by atoms with Crippen molar-refractivity contribution in [1.29, 1.82) is 0 Å². The van der Waals surface area contributed by atoms with Crippen molar-refractivity contribution in [3.8, 4) is 0 Å². The summed E-state index contributed by atoms with van der Waals surface area (Å²) in [6.45, 7) is 0. The highest BCUT2D eigenvalue weighted by Crippen LogP contribution is 2.28. The van der Waals surface area contributed by atoms with Gasteiger partial charge in [-0.15, -0.1) is 0 Å². The average Bonchev–Trinajstić information content (AvgIpc) is 2.48. The molecule has 0 aliphatic carbocycles. The fourth-order valence-corrected chi connectivity index (χ4v) is 1.71. The van der Waals surface area contributed by atoms with Crippen LogP contribution in [-0.4, -0.2) is 9.61 Å². The Morgan fingerprint density at radius 2 is 2.23 bits per heavy atom. The number of pyridine rings is 1. The summed E-state index contributed by atoms with van der Waals surface area (Å²) in [6.07, 6.45) is 0.657. The van der Waals surface area contributed by atoms with Crippen LogP contribution in [0.15, 0.2) is 29.0 Å². The van der Waals surface area contributed by atoms with Crippen molar-refractivity contribution in [1.82, 2.24) is 9.61 Å². The third kappa shape index (κ3) is 1.33. The molecule has 13 heavy (non-hydrogen) atoms. The van der Waals surface area contributed by atoms with Crippen LogP contribution in [0.5, 0.6) is 0 Å². The molecule has 0 aliphatic rings. The molecule has 0 bridgehead atoms. The van der Waals surface area contributed by atoms with Gasteiger partial charge < -0.3 is 0 Å². The largest absolute Gasteiger partial charge is 0.265 e. The molecule has 0 spiro atoms. The highest BCUT2D eigenvalue weighted by atomic mass is 79.9. The van der Waals surface area contributed by atoms with Gasteiger partial charge in [-0.2, -0.15) is 5.10 Å². The fourth-order valence-electron chi connectivity index (χ4n) is 1.21. The summed E-state index contributed by atoms with van der Waals surface area (Å²) in [5.74, 6) is 0. The zero-order chi connectivity index (χ0) is 9.42. The zero-order valence-electron chi connectivity index (χ0n) is 6.42. The van der Waals surface area contributed by atoms with E-state index in [1.165, 1.54) is 16.8 Å². The molecule has 0 aromatic carbocycles. The monoisotopic (exact) mass is 246 g/mol. The first-order valence-corrected chi connectivity index (χ1v) is 4.39. The zero-order valence-corrected chi connectivity index (χ0v) is 8.00. The van der Waals surface area contributed by atoms with Crippen LogP contribution in [0.3, 0.4) is 0 Å². The molecule has 0 saturated heterocycles. The van der Waals surface area contributed by atoms with E-state index >= 15 is 0 Å². The summed E-state index contributed by atoms with van der Waals surface area (Å²) in [6, 6.07) is 2.94. The van der Waals surface area contributed by atoms with Crippen LogP contribution in [-0.2, 0) is 0 Å². The van der Waals surface area contributed by atoms with Crippen molar-refractivity contribution < 1.29 is 8.78 Å². The van der Waals surface area contributed by atoms with Gasteiger partial charge in [0.05, 0.1) is 16.2 Å². The van der Waals surface area contributed by atoms with Crippen molar-refractivity contribution >= 4 is 21.4 Å². The minimum Gasteiger partial charge on any atom is -0.239 e. The summed E-state index contributed by atoms with van der Waals surface area (Å²) in [7, 11) is 0. The van der Waals surface area contributed by atoms with Gasteiger partial charge in [-0.05, 0) is 28.1 Å². The van der Waals surface area contributed by atoms with Crippen molar-refractivity contribution in [3.05, 3.63) is 34.6 Å². The lowest BCUT2D eigenvalue weighted by Crippen LogP contribution is -1.92. The fraction of sp³-hybridized carbons (Fsp3) is 0.125. The van der Waals surface area contributed by atoms with Gasteiger partial charge in [0.15, 0.2) is 0 Å². The molecule has 2 rings (SSSR count). The van der Waals surface area contributed by atoms with E-state index in [0.717, 1.165) is 0 Å². The highest BCUT2D eigenvalue weighted by molar-refractivity contribution is 9.10. The quantitative estimate of drug-likeness (QED) is 0.757. The summed E-state index contributed by atoms with van der Waals surface area (Å²) in [5, 5.41) is 3.90. The summed E-state index contributed by atoms with van der Waals surface area (Å²) in [4.78, 5) is 0. The maximum absolute atomic E-state index is 12.5. The van der Waals surface area contributed by atoms with Crippen molar-refractivity contribution in [3.63, 3.8) is 0 Å². The smallest absolute Gasteiger partial charge is 0.239 e. The maximum Gasteiger partial charge on any atom is 0.265 e. The summed E-state index contributed by atoms with van der Waals surface area (Å²) < 4.78 is 27.0. The van der Waals surface area contributed by atoms with Crippen molar-refractivity contribution in [2.75, 3.05) is 0 Å². The third-order valence-corrected chi connectivity index (χ3v) is 2.34. The van der Waals surface area contributed by atoms with E-state index < -0.39 is 6.43 Å². The van der Waals surface area contributed by atoms with Crippen LogP contribution in [0.4, 0.5) is 8.78 Å². The number of fused-ring (bicyclic) bond motifs is 1. The predicted molar refractivity (Wildman–Crippen MR) is 47.8 cm³/mol. The topological polar surface area (TPSA) is 17.3 Å². The first kappa shape index (κ1) is 8.62. The van der Waals surface area contributed by atoms with E-state index in [-0.39, 0.29) is 5.56 Å². The van der Waals surface area contributed by atoms with Gasteiger partial charge >= 0.3 is 0 Å². The van der Waals surface area contributed by atoms with E-state index in [4.69, 9.17) is 0 Å². The number of rotatable bonds is 1. The first-order chi connectivity index (χ1) is 6.20. The SMILES string of the molecule is FC(F)c1cccn2ncc(Br)c12. The van der Waals surface area contributed by atoms with E-state index in [9.17, 15) is 8.78 Å². The standard InChI is InChI=1S/C8H5BrF2N2/c9-6-4-12-13-3-1-2-5(7(6)13)8(10)11/h1-4,8H. The van der Waals surface area contributed by atoms with Crippen LogP contribution in [0.2, 0.25) is 0 Å². The molecule has 2 heterocycles. The van der Waals surface area contributed by atoms with Gasteiger partial charge in [-0.1, -0.05) is 0 Å². The molecule has 0 radical (unpaired) electrons. The number of nitrogens with zero attached hydrogens (tertiary/aromatic N) is 2. The number of aromatic nitrogens is 2. The normalized spacial score (nSPS) is 11.4. The molecule has 68 valence electrons. The Morgan fingerprint density at radius 3 is 2.92 bits per heavy atom. The molecule has 0 unspecified atom stereocenters. The lowest BCUT2D eigenvalue weighted by Gasteiger charge is -2.01. The second-order valence-corrected chi connectivity index (χ2v) is 3.40. The minimum absolute atomic E-state index is 0.00752. The molecule has 0 aliphatic heterocycles. The van der Waals surface area contributed by atoms with E-state index in [1.54, 1.807) is 12.3 Å². The van der Waals surface area contributed by atoms with Gasteiger partial charge in [0.1, 0.15) is 0 Å². The summed E-state index contributed by atoms with van der Waals surface area (Å²) in [5.41, 5.74) is 0.421. The average molecular weight is 247 g/mol. The second-order valence-electron chi connectivity index (χ2n) is 2.55. The van der Waals surface area contributed by atoms with Gasteiger partial charge in [-0.3, -0.25) is 0 Å². The van der Waals surface area contributed by atoms with Crippen LogP contribution in [0, 0.1) is 0 Å². The van der Waals surface area contributed by atoms with Crippen LogP contribution in [0.25, 0.3) is 5.52 Å². The Kier molecular flexibility index (Phi) is 2.03. The number of hydrogen-bond donors (Lipinski definition) is 0. The van der Waals surface area contributed by atoms with Crippen molar-refractivity contribution in [2.24, 2.45) is 0 Å². The molecule has 2 aromatic rings. The van der Waals surface area contributed by atoms with E-state index in [2.05, 4.69) is 21.0 Å². The Hall–Kier alpha value is -0.970. The maximum atomic E-state index is 12.5. The van der Waals surface area contributed by atoms with Gasteiger partial charge in [0, 0.05) is 11.8 Å².